The van der Waals surface area contributed by atoms with Crippen LogP contribution in [0.3, 0.4) is 0 Å². The van der Waals surface area contributed by atoms with Gasteiger partial charge in [-0.15, -0.1) is 0 Å². The molecule has 0 unspecified atom stereocenters. The minimum absolute atomic E-state index is 0.276. The van der Waals surface area contributed by atoms with E-state index in [-0.39, 0.29) is 6.04 Å². The highest BCUT2D eigenvalue weighted by Gasteiger charge is 2.44. The van der Waals surface area contributed by atoms with Crippen molar-refractivity contribution in [3.63, 3.8) is 0 Å². The second-order valence-electron chi connectivity index (χ2n) is 6.90. The zero-order valence-corrected chi connectivity index (χ0v) is 14.1. The molecule has 1 aromatic heterocycles. The maximum atomic E-state index is 11.4. The highest BCUT2D eigenvalue weighted by atomic mass is 32.1. The van der Waals surface area contributed by atoms with Crippen molar-refractivity contribution in [2.75, 3.05) is 13.2 Å². The molecule has 1 fully saturated rings. The van der Waals surface area contributed by atoms with Crippen LogP contribution >= 0.6 is 11.3 Å². The predicted octanol–water partition coefficient (Wildman–Crippen LogP) is 3.23. The highest BCUT2D eigenvalue weighted by molar-refractivity contribution is 7.07. The van der Waals surface area contributed by atoms with Crippen LogP contribution in [-0.4, -0.2) is 40.9 Å². The zero-order chi connectivity index (χ0) is 15.7. The Morgan fingerprint density at radius 1 is 1.57 bits per heavy atom. The van der Waals surface area contributed by atoms with Crippen LogP contribution in [0, 0.1) is 5.41 Å². The molecule has 0 saturated carbocycles. The van der Waals surface area contributed by atoms with Crippen molar-refractivity contribution in [3.8, 4) is 0 Å². The molecule has 0 spiro atoms. The van der Waals surface area contributed by atoms with Gasteiger partial charge in [0.25, 0.3) is 0 Å². The van der Waals surface area contributed by atoms with Crippen LogP contribution in [0.1, 0.15) is 39.7 Å². The molecule has 2 rings (SSSR count). The zero-order valence-electron chi connectivity index (χ0n) is 13.3. The van der Waals surface area contributed by atoms with Crippen LogP contribution < -0.4 is 0 Å². The molecule has 0 amide bonds. The predicted molar refractivity (Wildman–Crippen MR) is 84.6 cm³/mol. The summed E-state index contributed by atoms with van der Waals surface area (Å²) in [5.41, 5.74) is 0.180. The first kappa shape index (κ1) is 16.5. The Morgan fingerprint density at radius 2 is 2.29 bits per heavy atom. The van der Waals surface area contributed by atoms with Crippen molar-refractivity contribution < 1.29 is 14.6 Å². The lowest BCUT2D eigenvalue weighted by Crippen LogP contribution is -2.50. The van der Waals surface area contributed by atoms with E-state index < -0.39 is 17.1 Å². The summed E-state index contributed by atoms with van der Waals surface area (Å²) in [5.74, 6) is -0.762. The second kappa shape index (κ2) is 6.07. The number of thiophene rings is 1. The van der Waals surface area contributed by atoms with E-state index in [1.54, 1.807) is 25.2 Å². The van der Waals surface area contributed by atoms with Gasteiger partial charge < -0.3 is 9.84 Å². The summed E-state index contributed by atoms with van der Waals surface area (Å²) in [6.45, 7) is 8.78. The van der Waals surface area contributed by atoms with Crippen molar-refractivity contribution in [1.29, 1.82) is 0 Å². The molecule has 1 aliphatic rings. The largest absolute Gasteiger partial charge is 0.481 e. The standard InChI is InChI=1S/C16H25NO3S/c1-15(2,14(18)19)11-17-13(9-20-16(17,3)4)6-5-12-7-8-21-10-12/h7-8,10,13H,5-6,9,11H2,1-4H3,(H,18,19)/t13-/m1/s1. The molecule has 1 aromatic rings. The highest BCUT2D eigenvalue weighted by Crippen LogP contribution is 2.33. The first-order valence-corrected chi connectivity index (χ1v) is 8.32. The molecule has 0 aromatic carbocycles. The van der Waals surface area contributed by atoms with Gasteiger partial charge in [0.2, 0.25) is 0 Å². The Balaban J connectivity index is 2.04. The van der Waals surface area contributed by atoms with Gasteiger partial charge in [0.1, 0.15) is 5.72 Å². The number of hydrogen-bond acceptors (Lipinski definition) is 4. The SMILES string of the molecule is CC(C)(CN1[C@H](CCc2ccsc2)COC1(C)C)C(=O)O. The van der Waals surface area contributed by atoms with E-state index >= 15 is 0 Å². The van der Waals surface area contributed by atoms with Crippen LogP contribution in [0.5, 0.6) is 0 Å². The summed E-state index contributed by atoms with van der Waals surface area (Å²) in [7, 11) is 0. The second-order valence-corrected chi connectivity index (χ2v) is 7.68. The molecular weight excluding hydrogens is 286 g/mol. The molecule has 1 aliphatic heterocycles. The number of nitrogens with zero attached hydrogens (tertiary/aromatic N) is 1. The maximum absolute atomic E-state index is 11.4. The number of carbonyl (C=O) groups is 1. The third-order valence-electron chi connectivity index (χ3n) is 4.25. The fourth-order valence-corrected chi connectivity index (χ4v) is 3.44. The Labute approximate surface area is 130 Å². The Bertz CT molecular complexity index is 482. The monoisotopic (exact) mass is 311 g/mol. The van der Waals surface area contributed by atoms with Gasteiger partial charge in [-0.25, -0.2) is 0 Å². The summed E-state index contributed by atoms with van der Waals surface area (Å²) in [6.07, 6.45) is 2.01. The van der Waals surface area contributed by atoms with Crippen molar-refractivity contribution in [1.82, 2.24) is 4.90 Å². The topological polar surface area (TPSA) is 49.8 Å². The van der Waals surface area contributed by atoms with E-state index in [1.165, 1.54) is 5.56 Å². The van der Waals surface area contributed by atoms with Gasteiger partial charge in [-0.3, -0.25) is 9.69 Å². The molecule has 118 valence electrons. The summed E-state index contributed by atoms with van der Waals surface area (Å²) < 4.78 is 5.90. The van der Waals surface area contributed by atoms with Gasteiger partial charge in [0.05, 0.1) is 12.0 Å². The molecular formula is C16H25NO3S. The number of ether oxygens (including phenoxy) is 1. The third-order valence-corrected chi connectivity index (χ3v) is 4.98. The van der Waals surface area contributed by atoms with Crippen molar-refractivity contribution in [2.45, 2.75) is 52.3 Å². The van der Waals surface area contributed by atoms with E-state index in [9.17, 15) is 9.90 Å². The summed E-state index contributed by atoms with van der Waals surface area (Å²) in [5, 5.41) is 13.6. The normalized spacial score (nSPS) is 22.6. The van der Waals surface area contributed by atoms with Crippen LogP contribution in [0.25, 0.3) is 0 Å². The molecule has 21 heavy (non-hydrogen) atoms. The number of aliphatic carboxylic acids is 1. The summed E-state index contributed by atoms with van der Waals surface area (Å²) in [4.78, 5) is 13.6. The molecule has 2 heterocycles. The van der Waals surface area contributed by atoms with Crippen LogP contribution in [0.4, 0.5) is 0 Å². The molecule has 0 radical (unpaired) electrons. The Morgan fingerprint density at radius 3 is 2.86 bits per heavy atom. The number of rotatable bonds is 6. The number of carboxylic acid groups (broad SMARTS) is 1. The van der Waals surface area contributed by atoms with Crippen LogP contribution in [0.15, 0.2) is 16.8 Å². The van der Waals surface area contributed by atoms with Gasteiger partial charge >= 0.3 is 5.97 Å². The van der Waals surface area contributed by atoms with Crippen molar-refractivity contribution in [2.24, 2.45) is 5.41 Å². The number of hydrogen-bond donors (Lipinski definition) is 1. The van der Waals surface area contributed by atoms with E-state index in [1.807, 2.05) is 13.8 Å². The third kappa shape index (κ3) is 3.84. The maximum Gasteiger partial charge on any atom is 0.310 e. The fraction of sp³-hybridized carbons (Fsp3) is 0.688. The van der Waals surface area contributed by atoms with Crippen LogP contribution in [0.2, 0.25) is 0 Å². The average Bonchev–Trinajstić information content (AvgIpc) is 2.97. The quantitative estimate of drug-likeness (QED) is 0.876. The lowest BCUT2D eigenvalue weighted by Gasteiger charge is -2.38. The molecule has 0 bridgehead atoms. The summed E-state index contributed by atoms with van der Waals surface area (Å²) >= 11 is 1.71. The fourth-order valence-electron chi connectivity index (χ4n) is 2.73. The first-order valence-electron chi connectivity index (χ1n) is 7.37. The Hall–Kier alpha value is -0.910. The van der Waals surface area contributed by atoms with E-state index in [2.05, 4.69) is 21.7 Å². The average molecular weight is 311 g/mol. The Kier molecular flexibility index (Phi) is 4.76. The van der Waals surface area contributed by atoms with Gasteiger partial charge in [-0.1, -0.05) is 0 Å². The molecule has 5 heteroatoms. The minimum atomic E-state index is -0.772. The van der Waals surface area contributed by atoms with Crippen LogP contribution in [-0.2, 0) is 16.0 Å². The first-order chi connectivity index (χ1) is 9.72. The smallest absolute Gasteiger partial charge is 0.310 e. The lowest BCUT2D eigenvalue weighted by atomic mass is 9.91. The van der Waals surface area contributed by atoms with E-state index in [0.717, 1.165) is 12.8 Å². The molecule has 1 N–H and O–H groups in total. The van der Waals surface area contributed by atoms with Gasteiger partial charge in [0, 0.05) is 12.6 Å². The molecule has 4 nitrogen and oxygen atoms in total. The molecule has 1 saturated heterocycles. The number of carboxylic acids is 1. The van der Waals surface area contributed by atoms with Gasteiger partial charge in [0.15, 0.2) is 0 Å². The van der Waals surface area contributed by atoms with E-state index in [4.69, 9.17) is 4.74 Å². The lowest BCUT2D eigenvalue weighted by molar-refractivity contribution is -0.150. The molecule has 1 atom stereocenters. The summed E-state index contributed by atoms with van der Waals surface area (Å²) in [6, 6.07) is 2.43. The van der Waals surface area contributed by atoms with E-state index in [0.29, 0.717) is 13.2 Å². The minimum Gasteiger partial charge on any atom is -0.481 e. The van der Waals surface area contributed by atoms with Crippen molar-refractivity contribution in [3.05, 3.63) is 22.4 Å². The van der Waals surface area contributed by atoms with Gasteiger partial charge in [-0.05, 0) is 62.9 Å². The van der Waals surface area contributed by atoms with Gasteiger partial charge in [-0.2, -0.15) is 11.3 Å². The van der Waals surface area contributed by atoms with Crippen molar-refractivity contribution >= 4 is 17.3 Å². The number of aryl methyl sites for hydroxylation is 1. The molecule has 0 aliphatic carbocycles.